The van der Waals surface area contributed by atoms with Gasteiger partial charge in [0.15, 0.2) is 6.19 Å². The fourth-order valence-corrected chi connectivity index (χ4v) is 3.00. The molecule has 6 N–H and O–H groups in total. The summed E-state index contributed by atoms with van der Waals surface area (Å²) >= 11 is 5.87. The molecule has 1 aromatic heterocycles. The number of nitrogens with zero attached hydrogens (tertiary/aromatic N) is 4. The van der Waals surface area contributed by atoms with Crippen LogP contribution < -0.4 is 22.1 Å². The first-order valence-corrected chi connectivity index (χ1v) is 7.90. The molecule has 0 saturated carbocycles. The average Bonchev–Trinajstić information content (AvgIpc) is 2.60. The first kappa shape index (κ1) is 19.1. The van der Waals surface area contributed by atoms with Crippen molar-refractivity contribution in [3.63, 3.8) is 0 Å². The number of hydrogen-bond acceptors (Lipinski definition) is 8. The second-order valence-corrected chi connectivity index (χ2v) is 6.11. The van der Waals surface area contributed by atoms with Crippen LogP contribution in [0.5, 0.6) is 0 Å². The molecule has 0 spiro atoms. The van der Waals surface area contributed by atoms with Gasteiger partial charge in [-0.1, -0.05) is 11.6 Å². The van der Waals surface area contributed by atoms with Crippen molar-refractivity contribution in [2.45, 2.75) is 12.2 Å². The van der Waals surface area contributed by atoms with Crippen LogP contribution in [0.3, 0.4) is 0 Å². The van der Waals surface area contributed by atoms with Gasteiger partial charge in [-0.2, -0.15) is 23.7 Å². The molecule has 2 heterocycles. The normalized spacial score (nSPS) is 15.5. The summed E-state index contributed by atoms with van der Waals surface area (Å²) in [7, 11) is 0. The highest BCUT2D eigenvalue weighted by Gasteiger charge is 2.34. The van der Waals surface area contributed by atoms with Crippen molar-refractivity contribution in [1.82, 2.24) is 10.3 Å². The highest BCUT2D eigenvalue weighted by Crippen LogP contribution is 2.42. The van der Waals surface area contributed by atoms with E-state index in [4.69, 9.17) is 28.3 Å². The number of nitrogens with one attached hydrogen (secondary N) is 2. The zero-order valence-electron chi connectivity index (χ0n) is 13.8. The zero-order chi connectivity index (χ0) is 20.6. The van der Waals surface area contributed by atoms with E-state index in [-0.39, 0.29) is 45.0 Å². The molecule has 0 bridgehead atoms. The number of nitriles is 2. The third kappa shape index (κ3) is 3.31. The number of benzene rings is 1. The van der Waals surface area contributed by atoms with E-state index in [1.165, 1.54) is 6.07 Å². The van der Waals surface area contributed by atoms with Gasteiger partial charge in [0, 0.05) is 10.6 Å². The number of aliphatic imine (C=N–C) groups is 1. The van der Waals surface area contributed by atoms with Gasteiger partial charge >= 0.3 is 6.18 Å². The molecule has 1 aliphatic heterocycles. The Balaban J connectivity index is 2.28. The summed E-state index contributed by atoms with van der Waals surface area (Å²) in [4.78, 5) is 8.21. The number of fused-ring (bicyclic) bond motifs is 1. The lowest BCUT2D eigenvalue weighted by Gasteiger charge is -2.26. The van der Waals surface area contributed by atoms with Gasteiger partial charge in [0.25, 0.3) is 0 Å². The summed E-state index contributed by atoms with van der Waals surface area (Å²) in [5, 5.41) is 22.9. The van der Waals surface area contributed by atoms with Crippen molar-refractivity contribution in [3.05, 3.63) is 45.5 Å². The molecule has 3 rings (SSSR count). The van der Waals surface area contributed by atoms with E-state index >= 15 is 0 Å². The third-order valence-corrected chi connectivity index (χ3v) is 4.14. The molecule has 1 aliphatic rings. The van der Waals surface area contributed by atoms with Crippen molar-refractivity contribution in [2.75, 3.05) is 16.8 Å². The number of guanidine groups is 1. The summed E-state index contributed by atoms with van der Waals surface area (Å²) in [6.07, 6.45) is -3.00. The maximum atomic E-state index is 13.2. The predicted molar refractivity (Wildman–Crippen MR) is 95.9 cm³/mol. The molecule has 8 nitrogen and oxygen atoms in total. The number of aromatic nitrogens is 1. The summed E-state index contributed by atoms with van der Waals surface area (Å²) in [5.41, 5.74) is 10.7. The molecule has 0 saturated heterocycles. The molecule has 12 heteroatoms. The van der Waals surface area contributed by atoms with Crippen LogP contribution in [-0.2, 0) is 6.18 Å². The molecular formula is C16H10ClF3N8. The number of nitrogens with two attached hydrogens (primary N) is 2. The number of rotatable bonds is 1. The van der Waals surface area contributed by atoms with Crippen LogP contribution in [-0.4, -0.2) is 10.9 Å². The minimum absolute atomic E-state index is 0.0435. The Morgan fingerprint density at radius 3 is 2.54 bits per heavy atom. The van der Waals surface area contributed by atoms with Gasteiger partial charge in [-0.15, -0.1) is 0 Å². The molecule has 1 atom stereocenters. The lowest BCUT2D eigenvalue weighted by molar-refractivity contribution is -0.137. The number of alkyl halides is 3. The summed E-state index contributed by atoms with van der Waals surface area (Å²) < 4.78 is 39.6. The smallest absolute Gasteiger partial charge is 0.397 e. The molecule has 0 fully saturated rings. The van der Waals surface area contributed by atoms with Crippen LogP contribution in [0.25, 0.3) is 0 Å². The molecular weight excluding hydrogens is 397 g/mol. The molecule has 0 amide bonds. The lowest BCUT2D eigenvalue weighted by atomic mass is 9.94. The highest BCUT2D eigenvalue weighted by atomic mass is 35.5. The van der Waals surface area contributed by atoms with Gasteiger partial charge in [0.05, 0.1) is 11.3 Å². The number of nitrogen functional groups attached to an aromatic ring is 2. The average molecular weight is 407 g/mol. The predicted octanol–water partition coefficient (Wildman–Crippen LogP) is 2.73. The van der Waals surface area contributed by atoms with E-state index in [9.17, 15) is 18.4 Å². The Kier molecular flexibility index (Phi) is 4.63. The Morgan fingerprint density at radius 2 is 1.93 bits per heavy atom. The van der Waals surface area contributed by atoms with Crippen LogP contribution >= 0.6 is 11.6 Å². The van der Waals surface area contributed by atoms with E-state index in [1.807, 2.05) is 0 Å². The van der Waals surface area contributed by atoms with Crippen molar-refractivity contribution in [3.8, 4) is 12.3 Å². The van der Waals surface area contributed by atoms with Gasteiger partial charge in [-0.25, -0.2) is 9.98 Å². The minimum atomic E-state index is -4.64. The lowest BCUT2D eigenvalue weighted by Crippen LogP contribution is -2.32. The van der Waals surface area contributed by atoms with E-state index in [0.717, 1.165) is 12.1 Å². The van der Waals surface area contributed by atoms with Crippen LogP contribution in [0.1, 0.15) is 28.3 Å². The first-order chi connectivity index (χ1) is 13.2. The van der Waals surface area contributed by atoms with E-state index in [2.05, 4.69) is 20.6 Å². The third-order valence-electron chi connectivity index (χ3n) is 3.92. The number of anilines is 3. The standard InChI is InChI=1S/C16H10ClF3N8/c17-8-2-6(1-7(3-8)16(18,19)20)12-10-11(23)9(4-21)13(24)27-14(10)28-15(26-12)25-5-22/h1-3,12H,(H6,23,24,25,26,27,28). The first-order valence-electron chi connectivity index (χ1n) is 7.52. The highest BCUT2D eigenvalue weighted by molar-refractivity contribution is 6.30. The Bertz CT molecular complexity index is 1080. The van der Waals surface area contributed by atoms with Crippen molar-refractivity contribution < 1.29 is 13.2 Å². The van der Waals surface area contributed by atoms with Gasteiger partial charge in [-0.3, -0.25) is 5.32 Å². The largest absolute Gasteiger partial charge is 0.416 e. The van der Waals surface area contributed by atoms with Gasteiger partial charge in [-0.05, 0) is 23.8 Å². The molecule has 0 radical (unpaired) electrons. The number of hydrogen-bond donors (Lipinski definition) is 4. The Labute approximate surface area is 161 Å². The fraction of sp³-hybridized carbons (Fsp3) is 0.125. The molecule has 28 heavy (non-hydrogen) atoms. The van der Waals surface area contributed by atoms with Gasteiger partial charge in [0.1, 0.15) is 29.3 Å². The zero-order valence-corrected chi connectivity index (χ0v) is 14.5. The van der Waals surface area contributed by atoms with Gasteiger partial charge < -0.3 is 16.8 Å². The van der Waals surface area contributed by atoms with Crippen molar-refractivity contribution in [1.29, 1.82) is 10.5 Å². The molecule has 0 aliphatic carbocycles. The Hall–Kier alpha value is -3.70. The van der Waals surface area contributed by atoms with Crippen molar-refractivity contribution >= 4 is 34.9 Å². The summed E-state index contributed by atoms with van der Waals surface area (Å²) in [5.74, 6) is -0.199. The van der Waals surface area contributed by atoms with Gasteiger partial charge in [0.2, 0.25) is 5.96 Å². The minimum Gasteiger partial charge on any atom is -0.397 e. The molecule has 1 unspecified atom stereocenters. The van der Waals surface area contributed by atoms with Crippen LogP contribution in [0.15, 0.2) is 23.2 Å². The van der Waals surface area contributed by atoms with Crippen molar-refractivity contribution in [2.24, 2.45) is 4.99 Å². The van der Waals surface area contributed by atoms with Crippen LogP contribution in [0, 0.1) is 22.8 Å². The van der Waals surface area contributed by atoms with Crippen LogP contribution in [0.2, 0.25) is 5.02 Å². The van der Waals surface area contributed by atoms with Crippen LogP contribution in [0.4, 0.5) is 30.5 Å². The maximum absolute atomic E-state index is 13.2. The number of pyridine rings is 1. The molecule has 142 valence electrons. The Morgan fingerprint density at radius 1 is 1.21 bits per heavy atom. The maximum Gasteiger partial charge on any atom is 0.416 e. The molecule has 2 aromatic rings. The second kappa shape index (κ2) is 6.79. The van der Waals surface area contributed by atoms with E-state index < -0.39 is 17.8 Å². The quantitative estimate of drug-likeness (QED) is 0.420. The SMILES string of the molecule is N#CNC1=NC(c2cc(Cl)cc(C(F)(F)F)c2)c2c(nc(N)c(C#N)c2N)N1. The molecule has 1 aromatic carbocycles. The topological polar surface area (TPSA) is 149 Å². The summed E-state index contributed by atoms with van der Waals surface area (Å²) in [6.45, 7) is 0. The monoisotopic (exact) mass is 406 g/mol. The second-order valence-electron chi connectivity index (χ2n) is 5.67. The number of halogens is 4. The van der Waals surface area contributed by atoms with E-state index in [0.29, 0.717) is 0 Å². The fourth-order valence-electron chi connectivity index (χ4n) is 2.76. The summed E-state index contributed by atoms with van der Waals surface area (Å²) in [6, 6.07) is 3.61. The van der Waals surface area contributed by atoms with E-state index in [1.54, 1.807) is 12.3 Å².